The minimum atomic E-state index is -5.88. The zero-order valence-corrected chi connectivity index (χ0v) is 10.9. The summed E-state index contributed by atoms with van der Waals surface area (Å²) in [5.74, 6) is -2.11. The lowest BCUT2D eigenvalue weighted by Gasteiger charge is -2.12. The fraction of sp³-hybridized carbons (Fsp3) is 0.0833. The van der Waals surface area contributed by atoms with Crippen molar-refractivity contribution in [2.75, 3.05) is 0 Å². The number of hydrogen-bond donors (Lipinski definition) is 1. The average molecular weight is 320 g/mol. The molecule has 0 atom stereocenters. The molecule has 0 spiro atoms. The van der Waals surface area contributed by atoms with Gasteiger partial charge < -0.3 is 9.29 Å². The van der Waals surface area contributed by atoms with Crippen LogP contribution in [0, 0.1) is 0 Å². The third-order valence-electron chi connectivity index (χ3n) is 2.55. The second kappa shape index (κ2) is 4.92. The predicted octanol–water partition coefficient (Wildman–Crippen LogP) is 2.77. The van der Waals surface area contributed by atoms with E-state index in [1.54, 1.807) is 0 Å². The summed E-state index contributed by atoms with van der Waals surface area (Å²) < 4.78 is 63.2. The van der Waals surface area contributed by atoms with Gasteiger partial charge in [-0.2, -0.15) is 21.6 Å². The minimum absolute atomic E-state index is 0.0512. The summed E-state index contributed by atoms with van der Waals surface area (Å²) in [5.41, 5.74) is -5.99. The molecular weight excluding hydrogens is 313 g/mol. The van der Waals surface area contributed by atoms with Gasteiger partial charge in [0.15, 0.2) is 5.75 Å². The van der Waals surface area contributed by atoms with Crippen LogP contribution in [0.2, 0.25) is 0 Å². The molecule has 0 amide bonds. The zero-order valence-electron chi connectivity index (χ0n) is 10.1. The second-order valence-electron chi connectivity index (χ2n) is 3.98. The number of rotatable bonds is 3. The maximum atomic E-state index is 12.3. The van der Waals surface area contributed by atoms with E-state index in [9.17, 15) is 26.4 Å². The van der Waals surface area contributed by atoms with Gasteiger partial charge in [-0.15, -0.1) is 0 Å². The molecule has 0 aliphatic heterocycles. The molecule has 0 unspecified atom stereocenters. The molecule has 0 fully saturated rings. The van der Waals surface area contributed by atoms with E-state index >= 15 is 0 Å². The van der Waals surface area contributed by atoms with Crippen molar-refractivity contribution in [2.45, 2.75) is 5.51 Å². The lowest BCUT2D eigenvalue weighted by atomic mass is 10.1. The van der Waals surface area contributed by atoms with Crippen LogP contribution in [0.1, 0.15) is 10.4 Å². The molecular formula is C12H7F3O5S. The highest BCUT2D eigenvalue weighted by Gasteiger charge is 2.48. The Morgan fingerprint density at radius 1 is 1.14 bits per heavy atom. The van der Waals surface area contributed by atoms with Gasteiger partial charge in [-0.3, -0.25) is 0 Å². The predicted molar refractivity (Wildman–Crippen MR) is 66.5 cm³/mol. The summed E-state index contributed by atoms with van der Waals surface area (Å²) in [6, 6.07) is 7.65. The topological polar surface area (TPSA) is 80.7 Å². The fourth-order valence-electron chi connectivity index (χ4n) is 1.63. The van der Waals surface area contributed by atoms with Crippen LogP contribution in [0.5, 0.6) is 5.75 Å². The zero-order chi connectivity index (χ0) is 15.8. The van der Waals surface area contributed by atoms with Crippen LogP contribution >= 0.6 is 0 Å². The van der Waals surface area contributed by atoms with Gasteiger partial charge in [0.05, 0.1) is 5.56 Å². The second-order valence-corrected chi connectivity index (χ2v) is 5.52. The number of aromatic carboxylic acids is 1. The third kappa shape index (κ3) is 2.92. The summed E-state index contributed by atoms with van der Waals surface area (Å²) in [7, 11) is -5.88. The Labute approximate surface area is 116 Å². The first kappa shape index (κ1) is 15.1. The normalized spacial score (nSPS) is 12.3. The Kier molecular flexibility index (Phi) is 3.54. The van der Waals surface area contributed by atoms with Crippen LogP contribution in [-0.4, -0.2) is 25.0 Å². The highest BCUT2D eigenvalue weighted by molar-refractivity contribution is 7.88. The van der Waals surface area contributed by atoms with Gasteiger partial charge >= 0.3 is 21.6 Å². The monoisotopic (exact) mass is 320 g/mol. The molecule has 2 rings (SSSR count). The molecule has 0 saturated heterocycles. The van der Waals surface area contributed by atoms with Crippen LogP contribution in [0.4, 0.5) is 13.2 Å². The third-order valence-corrected chi connectivity index (χ3v) is 3.52. The Morgan fingerprint density at radius 2 is 1.76 bits per heavy atom. The Bertz CT molecular complexity index is 811. The first-order valence-electron chi connectivity index (χ1n) is 5.38. The van der Waals surface area contributed by atoms with E-state index in [4.69, 9.17) is 5.11 Å². The van der Waals surface area contributed by atoms with Crippen molar-refractivity contribution in [2.24, 2.45) is 0 Å². The lowest BCUT2D eigenvalue weighted by molar-refractivity contribution is -0.0499. The van der Waals surface area contributed by atoms with Gasteiger partial charge in [0, 0.05) is 5.39 Å². The number of halogens is 3. The van der Waals surface area contributed by atoms with Crippen LogP contribution in [-0.2, 0) is 10.1 Å². The summed E-state index contributed by atoms with van der Waals surface area (Å²) in [6.45, 7) is 0. The number of fused-ring (bicyclic) bond motifs is 1. The molecule has 1 N–H and O–H groups in total. The van der Waals surface area contributed by atoms with E-state index in [-0.39, 0.29) is 16.3 Å². The summed E-state index contributed by atoms with van der Waals surface area (Å²) in [6.07, 6.45) is 0. The first-order valence-corrected chi connectivity index (χ1v) is 6.79. The number of benzene rings is 2. The standard InChI is InChI=1S/C12H7F3O5S/c13-12(14,15)21(18,19)20-10-6-8(11(16)17)5-7-3-1-2-4-9(7)10/h1-6H,(H,16,17). The van der Waals surface area contributed by atoms with E-state index in [2.05, 4.69) is 4.18 Å². The SMILES string of the molecule is O=C(O)c1cc(OS(=O)(=O)C(F)(F)F)c2ccccc2c1. The smallest absolute Gasteiger partial charge is 0.478 e. The van der Waals surface area contributed by atoms with Crippen molar-refractivity contribution < 1.29 is 35.7 Å². The van der Waals surface area contributed by atoms with Crippen molar-refractivity contribution >= 4 is 26.9 Å². The van der Waals surface area contributed by atoms with Crippen molar-refractivity contribution in [3.05, 3.63) is 42.0 Å². The van der Waals surface area contributed by atoms with E-state index in [1.807, 2.05) is 0 Å². The molecule has 0 saturated carbocycles. The van der Waals surface area contributed by atoms with E-state index in [0.717, 1.165) is 6.07 Å². The maximum absolute atomic E-state index is 12.3. The van der Waals surface area contributed by atoms with E-state index in [0.29, 0.717) is 0 Å². The molecule has 21 heavy (non-hydrogen) atoms. The number of carbonyl (C=O) groups is 1. The molecule has 0 bridgehead atoms. The molecule has 0 heterocycles. The molecule has 0 aliphatic rings. The molecule has 2 aromatic carbocycles. The number of carboxylic acids is 1. The molecule has 0 aromatic heterocycles. The van der Waals surface area contributed by atoms with Gasteiger partial charge in [0.25, 0.3) is 0 Å². The number of hydrogen-bond acceptors (Lipinski definition) is 4. The Balaban J connectivity index is 2.65. The Morgan fingerprint density at radius 3 is 2.33 bits per heavy atom. The minimum Gasteiger partial charge on any atom is -0.478 e. The summed E-state index contributed by atoms with van der Waals surface area (Å²) in [5, 5.41) is 9.19. The maximum Gasteiger partial charge on any atom is 0.534 e. The largest absolute Gasteiger partial charge is 0.534 e. The van der Waals surface area contributed by atoms with Gasteiger partial charge in [0.2, 0.25) is 0 Å². The number of carboxylic acid groups (broad SMARTS) is 1. The van der Waals surface area contributed by atoms with Gasteiger partial charge in [0.1, 0.15) is 0 Å². The van der Waals surface area contributed by atoms with Crippen molar-refractivity contribution in [1.29, 1.82) is 0 Å². The molecule has 2 aromatic rings. The highest BCUT2D eigenvalue weighted by Crippen LogP contribution is 2.32. The van der Waals surface area contributed by atoms with Crippen molar-refractivity contribution in [1.82, 2.24) is 0 Å². The molecule has 5 nitrogen and oxygen atoms in total. The van der Waals surface area contributed by atoms with Crippen LogP contribution < -0.4 is 4.18 Å². The molecule has 112 valence electrons. The van der Waals surface area contributed by atoms with Gasteiger partial charge in [-0.05, 0) is 17.5 Å². The number of alkyl halides is 3. The highest BCUT2D eigenvalue weighted by atomic mass is 32.2. The molecule has 0 radical (unpaired) electrons. The fourth-order valence-corrected chi connectivity index (χ4v) is 2.10. The van der Waals surface area contributed by atoms with Crippen molar-refractivity contribution in [3.63, 3.8) is 0 Å². The van der Waals surface area contributed by atoms with E-state index < -0.39 is 27.3 Å². The lowest BCUT2D eigenvalue weighted by Crippen LogP contribution is -2.28. The molecule has 0 aliphatic carbocycles. The van der Waals surface area contributed by atoms with E-state index in [1.165, 1.54) is 30.3 Å². The average Bonchev–Trinajstić information content (AvgIpc) is 2.36. The summed E-state index contributed by atoms with van der Waals surface area (Å²) in [4.78, 5) is 10.9. The van der Waals surface area contributed by atoms with Crippen LogP contribution in [0.3, 0.4) is 0 Å². The van der Waals surface area contributed by atoms with Gasteiger partial charge in [-0.1, -0.05) is 24.3 Å². The molecule has 9 heteroatoms. The van der Waals surface area contributed by atoms with Gasteiger partial charge in [-0.25, -0.2) is 4.79 Å². The van der Waals surface area contributed by atoms with Crippen LogP contribution in [0.15, 0.2) is 36.4 Å². The summed E-state index contributed by atoms with van der Waals surface area (Å²) >= 11 is 0. The quantitative estimate of drug-likeness (QED) is 0.695. The Hall–Kier alpha value is -2.29. The first-order chi connectivity index (χ1) is 9.62. The van der Waals surface area contributed by atoms with Crippen LogP contribution in [0.25, 0.3) is 10.8 Å². The van der Waals surface area contributed by atoms with Crippen molar-refractivity contribution in [3.8, 4) is 5.75 Å².